The highest BCUT2D eigenvalue weighted by Crippen LogP contribution is 2.11. The SMILES string of the molecule is Cc1ccc(N=C(N)NN)cc1.Cl.Cl. The molecule has 1 rings (SSSR count). The van der Waals surface area contributed by atoms with Crippen molar-refractivity contribution in [2.75, 3.05) is 0 Å². The van der Waals surface area contributed by atoms with E-state index in [4.69, 9.17) is 11.6 Å². The molecule has 14 heavy (non-hydrogen) atoms. The Morgan fingerprint density at radius 1 is 1.21 bits per heavy atom. The van der Waals surface area contributed by atoms with Gasteiger partial charge in [0.15, 0.2) is 0 Å². The van der Waals surface area contributed by atoms with Crippen LogP contribution in [0.15, 0.2) is 29.3 Å². The molecule has 0 aliphatic heterocycles. The van der Waals surface area contributed by atoms with E-state index in [1.807, 2.05) is 31.2 Å². The van der Waals surface area contributed by atoms with Gasteiger partial charge in [-0.1, -0.05) is 17.7 Å². The van der Waals surface area contributed by atoms with Crippen molar-refractivity contribution in [3.8, 4) is 0 Å². The van der Waals surface area contributed by atoms with Gasteiger partial charge in [-0.15, -0.1) is 24.8 Å². The lowest BCUT2D eigenvalue weighted by molar-refractivity contribution is 1.01. The van der Waals surface area contributed by atoms with Gasteiger partial charge < -0.3 is 5.73 Å². The molecule has 0 aliphatic carbocycles. The second-order valence-corrected chi connectivity index (χ2v) is 2.48. The maximum atomic E-state index is 5.36. The average molecular weight is 237 g/mol. The summed E-state index contributed by atoms with van der Waals surface area (Å²) in [5.41, 5.74) is 9.59. The monoisotopic (exact) mass is 236 g/mol. The van der Waals surface area contributed by atoms with Gasteiger partial charge in [0.2, 0.25) is 5.96 Å². The van der Waals surface area contributed by atoms with Crippen molar-refractivity contribution < 1.29 is 0 Å². The molecule has 0 radical (unpaired) electrons. The third-order valence-corrected chi connectivity index (χ3v) is 1.43. The van der Waals surface area contributed by atoms with E-state index in [1.54, 1.807) is 0 Å². The van der Waals surface area contributed by atoms with E-state index < -0.39 is 0 Å². The molecule has 0 heterocycles. The van der Waals surface area contributed by atoms with E-state index in [0.29, 0.717) is 0 Å². The second-order valence-electron chi connectivity index (χ2n) is 2.48. The first kappa shape index (κ1) is 15.5. The molecule has 1 aromatic carbocycles. The van der Waals surface area contributed by atoms with Gasteiger partial charge in [-0.2, -0.15) is 0 Å². The Bertz CT molecular complexity index is 284. The number of nitrogens with two attached hydrogens (primary N) is 2. The van der Waals surface area contributed by atoms with Crippen molar-refractivity contribution in [2.45, 2.75) is 6.92 Å². The molecule has 0 aliphatic rings. The number of aryl methyl sites for hydroxylation is 1. The van der Waals surface area contributed by atoms with Crippen molar-refractivity contribution in [1.82, 2.24) is 5.43 Å². The van der Waals surface area contributed by atoms with Crippen molar-refractivity contribution in [1.29, 1.82) is 0 Å². The molecule has 0 saturated carbocycles. The van der Waals surface area contributed by atoms with Crippen molar-refractivity contribution in [3.05, 3.63) is 29.8 Å². The molecule has 0 spiro atoms. The highest BCUT2D eigenvalue weighted by Gasteiger charge is 1.89. The number of benzene rings is 1. The second kappa shape index (κ2) is 7.44. The number of hydrogen-bond donors (Lipinski definition) is 3. The Kier molecular flexibility index (Phi) is 8.23. The highest BCUT2D eigenvalue weighted by molar-refractivity contribution is 5.85. The van der Waals surface area contributed by atoms with Gasteiger partial charge in [0, 0.05) is 0 Å². The fourth-order valence-corrected chi connectivity index (χ4v) is 0.791. The zero-order valence-electron chi connectivity index (χ0n) is 7.73. The number of hydrazine groups is 1. The number of aliphatic imine (C=N–C) groups is 1. The molecule has 0 unspecified atom stereocenters. The summed E-state index contributed by atoms with van der Waals surface area (Å²) in [6.07, 6.45) is 0. The Morgan fingerprint density at radius 2 is 1.71 bits per heavy atom. The molecule has 1 aromatic rings. The summed E-state index contributed by atoms with van der Waals surface area (Å²) in [4.78, 5) is 3.98. The van der Waals surface area contributed by atoms with Crippen LogP contribution < -0.4 is 17.0 Å². The fourth-order valence-electron chi connectivity index (χ4n) is 0.791. The molecule has 0 aromatic heterocycles. The standard InChI is InChI=1S/C8H12N4.2ClH/c1-6-2-4-7(5-3-6)11-8(9)12-10;;/h2-5H,10H2,1H3,(H3,9,11,12);2*1H. The maximum absolute atomic E-state index is 5.36. The molecule has 0 fully saturated rings. The largest absolute Gasteiger partial charge is 0.369 e. The van der Waals surface area contributed by atoms with E-state index in [0.717, 1.165) is 5.69 Å². The van der Waals surface area contributed by atoms with Crippen LogP contribution in [-0.4, -0.2) is 5.96 Å². The van der Waals surface area contributed by atoms with Crippen LogP contribution in [0.4, 0.5) is 5.69 Å². The molecule has 0 saturated heterocycles. The summed E-state index contributed by atoms with van der Waals surface area (Å²) in [7, 11) is 0. The molecule has 5 N–H and O–H groups in total. The third-order valence-electron chi connectivity index (χ3n) is 1.43. The molecular formula is C8H14Cl2N4. The van der Waals surface area contributed by atoms with Crippen LogP contribution in [0.5, 0.6) is 0 Å². The number of guanidine groups is 1. The minimum atomic E-state index is 0. The lowest BCUT2D eigenvalue weighted by atomic mass is 10.2. The molecule has 6 heteroatoms. The summed E-state index contributed by atoms with van der Waals surface area (Å²) < 4.78 is 0. The number of nitrogens with one attached hydrogen (secondary N) is 1. The van der Waals surface area contributed by atoms with Gasteiger partial charge in [0.05, 0.1) is 5.69 Å². The van der Waals surface area contributed by atoms with Crippen LogP contribution in [0.25, 0.3) is 0 Å². The van der Waals surface area contributed by atoms with Crippen LogP contribution in [0.1, 0.15) is 5.56 Å². The predicted molar refractivity (Wildman–Crippen MR) is 64.3 cm³/mol. The first-order valence-corrected chi connectivity index (χ1v) is 3.60. The number of halogens is 2. The quantitative estimate of drug-likeness (QED) is 0.298. The lowest BCUT2D eigenvalue weighted by Crippen LogP contribution is -2.36. The molecule has 0 atom stereocenters. The summed E-state index contributed by atoms with van der Waals surface area (Å²) >= 11 is 0. The van der Waals surface area contributed by atoms with E-state index >= 15 is 0 Å². The fraction of sp³-hybridized carbons (Fsp3) is 0.125. The number of rotatable bonds is 1. The smallest absolute Gasteiger partial charge is 0.208 e. The van der Waals surface area contributed by atoms with Crippen LogP contribution in [0.3, 0.4) is 0 Å². The zero-order chi connectivity index (χ0) is 8.97. The summed E-state index contributed by atoms with van der Waals surface area (Å²) in [6.45, 7) is 2.01. The molecular weight excluding hydrogens is 223 g/mol. The molecule has 80 valence electrons. The Balaban J connectivity index is 0. The van der Waals surface area contributed by atoms with Gasteiger partial charge in [-0.3, -0.25) is 5.43 Å². The minimum absolute atomic E-state index is 0. The summed E-state index contributed by atoms with van der Waals surface area (Å²) in [5, 5.41) is 0. The van der Waals surface area contributed by atoms with E-state index in [2.05, 4.69) is 10.4 Å². The Labute approximate surface area is 95.6 Å². The van der Waals surface area contributed by atoms with Gasteiger partial charge >= 0.3 is 0 Å². The van der Waals surface area contributed by atoms with Crippen molar-refractivity contribution in [2.24, 2.45) is 16.6 Å². The maximum Gasteiger partial charge on any atom is 0.208 e. The van der Waals surface area contributed by atoms with Crippen LogP contribution >= 0.6 is 24.8 Å². The molecule has 0 bridgehead atoms. The van der Waals surface area contributed by atoms with Crippen LogP contribution in [-0.2, 0) is 0 Å². The number of nitrogens with zero attached hydrogens (tertiary/aromatic N) is 1. The van der Waals surface area contributed by atoms with Crippen molar-refractivity contribution >= 4 is 36.5 Å². The first-order chi connectivity index (χ1) is 5.72. The highest BCUT2D eigenvalue weighted by atomic mass is 35.5. The molecule has 0 amide bonds. The molecule has 4 nitrogen and oxygen atoms in total. The minimum Gasteiger partial charge on any atom is -0.369 e. The first-order valence-electron chi connectivity index (χ1n) is 3.60. The van der Waals surface area contributed by atoms with Gasteiger partial charge in [0.1, 0.15) is 0 Å². The summed E-state index contributed by atoms with van der Waals surface area (Å²) in [6, 6.07) is 7.67. The average Bonchev–Trinajstić information content (AvgIpc) is 2.09. The van der Waals surface area contributed by atoms with Crippen LogP contribution in [0, 0.1) is 6.92 Å². The van der Waals surface area contributed by atoms with Gasteiger partial charge in [-0.25, -0.2) is 10.8 Å². The van der Waals surface area contributed by atoms with E-state index in [1.165, 1.54) is 5.56 Å². The predicted octanol–water partition coefficient (Wildman–Crippen LogP) is 1.25. The zero-order valence-corrected chi connectivity index (χ0v) is 9.36. The lowest BCUT2D eigenvalue weighted by Gasteiger charge is -1.98. The Morgan fingerprint density at radius 3 is 2.14 bits per heavy atom. The van der Waals surface area contributed by atoms with E-state index in [-0.39, 0.29) is 30.8 Å². The van der Waals surface area contributed by atoms with Crippen molar-refractivity contribution in [3.63, 3.8) is 0 Å². The Hall–Kier alpha value is -0.970. The topological polar surface area (TPSA) is 76.4 Å². The van der Waals surface area contributed by atoms with Gasteiger partial charge in [-0.05, 0) is 19.1 Å². The van der Waals surface area contributed by atoms with E-state index in [9.17, 15) is 0 Å². The van der Waals surface area contributed by atoms with Gasteiger partial charge in [0.25, 0.3) is 0 Å². The number of hydrogen-bond acceptors (Lipinski definition) is 2. The summed E-state index contributed by atoms with van der Waals surface area (Å²) in [5.74, 6) is 5.25. The normalized spacial score (nSPS) is 9.71. The third kappa shape index (κ3) is 4.91. The van der Waals surface area contributed by atoms with Crippen LogP contribution in [0.2, 0.25) is 0 Å².